The highest BCUT2D eigenvalue weighted by Crippen LogP contribution is 2.14. The maximum Gasteiger partial charge on any atom is 0.252 e. The second kappa shape index (κ2) is 7.31. The molecule has 0 bridgehead atoms. The van der Waals surface area contributed by atoms with E-state index >= 15 is 0 Å². The van der Waals surface area contributed by atoms with Gasteiger partial charge in [0.05, 0.1) is 5.56 Å². The van der Waals surface area contributed by atoms with E-state index in [1.54, 1.807) is 0 Å². The van der Waals surface area contributed by atoms with Gasteiger partial charge in [-0.3, -0.25) is 4.79 Å². The van der Waals surface area contributed by atoms with Gasteiger partial charge in [0.2, 0.25) is 0 Å². The molecule has 17 heavy (non-hydrogen) atoms. The largest absolute Gasteiger partial charge is 0.351 e. The van der Waals surface area contributed by atoms with E-state index in [1.165, 1.54) is 18.2 Å². The maximum absolute atomic E-state index is 12.9. The molecule has 1 N–H and O–H groups in total. The first-order valence-electron chi connectivity index (χ1n) is 5.42. The van der Waals surface area contributed by atoms with Gasteiger partial charge in [-0.05, 0) is 47.2 Å². The fraction of sp³-hybridized carbons (Fsp3) is 0.417. The lowest BCUT2D eigenvalue weighted by atomic mass is 10.2. The molecule has 0 radical (unpaired) electrons. The Bertz CT molecular complexity index is 400. The van der Waals surface area contributed by atoms with Crippen molar-refractivity contribution in [2.45, 2.75) is 24.6 Å². The van der Waals surface area contributed by atoms with Gasteiger partial charge in [0.15, 0.2) is 0 Å². The summed E-state index contributed by atoms with van der Waals surface area (Å²) in [6.07, 6.45) is 2.08. The quantitative estimate of drug-likeness (QED) is 0.578. The van der Waals surface area contributed by atoms with E-state index in [4.69, 9.17) is 0 Å². The summed E-state index contributed by atoms with van der Waals surface area (Å²) in [6.45, 7) is 2.68. The van der Waals surface area contributed by atoms with Crippen LogP contribution in [0.25, 0.3) is 0 Å². The van der Waals surface area contributed by atoms with E-state index < -0.39 is 0 Å². The van der Waals surface area contributed by atoms with Crippen molar-refractivity contribution < 1.29 is 9.18 Å². The Kier molecular flexibility index (Phi) is 6.40. The summed E-state index contributed by atoms with van der Waals surface area (Å²) < 4.78 is 13.5. The molecule has 1 aromatic rings. The molecule has 0 aliphatic carbocycles. The molecule has 0 fully saturated rings. The highest BCUT2D eigenvalue weighted by molar-refractivity contribution is 14.1. The second-order valence-corrected chi connectivity index (χ2v) is 6.18. The van der Waals surface area contributed by atoms with Crippen LogP contribution in [-0.4, -0.2) is 17.3 Å². The van der Waals surface area contributed by atoms with Crippen LogP contribution >= 0.6 is 38.5 Å². The molecule has 1 amide bonds. The average Bonchev–Trinajstić information content (AvgIpc) is 2.26. The van der Waals surface area contributed by atoms with Crippen LogP contribution in [0, 0.1) is 9.39 Å². The van der Waals surface area contributed by atoms with Crippen LogP contribution in [0.3, 0.4) is 0 Å². The summed E-state index contributed by atoms with van der Waals surface area (Å²) in [5, 5.41) is 2.83. The minimum atomic E-state index is -0.324. The minimum Gasteiger partial charge on any atom is -0.351 e. The molecule has 0 aliphatic rings. The molecule has 1 atom stereocenters. The first kappa shape index (κ1) is 14.9. The monoisotopic (exact) mass is 413 g/mol. The Balaban J connectivity index is 2.58. The van der Waals surface area contributed by atoms with Gasteiger partial charge < -0.3 is 5.32 Å². The second-order valence-electron chi connectivity index (χ2n) is 3.72. The maximum atomic E-state index is 12.9. The van der Waals surface area contributed by atoms with Gasteiger partial charge in [-0.2, -0.15) is 0 Å². The molecule has 1 rings (SSSR count). The van der Waals surface area contributed by atoms with Crippen LogP contribution in [0.4, 0.5) is 4.39 Å². The van der Waals surface area contributed by atoms with Crippen molar-refractivity contribution in [3.8, 4) is 0 Å². The Labute approximate surface area is 123 Å². The molecule has 94 valence electrons. The number of alkyl halides is 1. The number of carbonyl (C=O) groups excluding carboxylic acids is 1. The summed E-state index contributed by atoms with van der Waals surface area (Å²) in [5.41, 5.74) is 0.517. The van der Waals surface area contributed by atoms with Gasteiger partial charge in [-0.15, -0.1) is 0 Å². The van der Waals surface area contributed by atoms with Crippen LogP contribution in [-0.2, 0) is 0 Å². The highest BCUT2D eigenvalue weighted by Gasteiger charge is 2.11. The zero-order valence-corrected chi connectivity index (χ0v) is 13.2. The average molecular weight is 414 g/mol. The molecule has 0 spiro atoms. The van der Waals surface area contributed by atoms with E-state index in [0.717, 1.165) is 12.8 Å². The summed E-state index contributed by atoms with van der Waals surface area (Å²) in [7, 11) is 0. The van der Waals surface area contributed by atoms with Crippen molar-refractivity contribution in [1.82, 2.24) is 5.32 Å². The van der Waals surface area contributed by atoms with Crippen molar-refractivity contribution in [2.75, 3.05) is 6.54 Å². The number of hydrogen-bond acceptors (Lipinski definition) is 1. The third-order valence-corrected chi connectivity index (χ3v) is 3.94. The number of benzene rings is 1. The van der Waals surface area contributed by atoms with Crippen molar-refractivity contribution in [1.29, 1.82) is 0 Å². The molecule has 2 nitrogen and oxygen atoms in total. The molecule has 0 heterocycles. The van der Waals surface area contributed by atoms with Crippen LogP contribution in [0.2, 0.25) is 0 Å². The normalized spacial score (nSPS) is 12.2. The van der Waals surface area contributed by atoms with Crippen molar-refractivity contribution in [3.05, 3.63) is 33.1 Å². The molecule has 0 saturated heterocycles. The van der Waals surface area contributed by atoms with Crippen LogP contribution in [0.5, 0.6) is 0 Å². The predicted octanol–water partition coefficient (Wildman–Crippen LogP) is 3.72. The smallest absolute Gasteiger partial charge is 0.252 e. The topological polar surface area (TPSA) is 29.1 Å². The lowest BCUT2D eigenvalue weighted by Gasteiger charge is -2.10. The number of hydrogen-bond donors (Lipinski definition) is 1. The van der Waals surface area contributed by atoms with E-state index in [1.807, 2.05) is 22.6 Å². The SMILES string of the molecule is CCCC(Br)CNC(=O)c1ccc(F)cc1I. The molecule has 0 aliphatic heterocycles. The Morgan fingerprint density at radius 3 is 2.88 bits per heavy atom. The minimum absolute atomic E-state index is 0.157. The standard InChI is InChI=1S/C12H14BrFINO/c1-2-3-8(13)7-16-12(17)10-5-4-9(14)6-11(10)15/h4-6,8H,2-3,7H2,1H3,(H,16,17). The van der Waals surface area contributed by atoms with Gasteiger partial charge >= 0.3 is 0 Å². The summed E-state index contributed by atoms with van der Waals surface area (Å²) >= 11 is 5.46. The van der Waals surface area contributed by atoms with E-state index in [2.05, 4.69) is 28.2 Å². The van der Waals surface area contributed by atoms with Crippen LogP contribution in [0.15, 0.2) is 18.2 Å². The zero-order valence-electron chi connectivity index (χ0n) is 9.47. The fourth-order valence-electron chi connectivity index (χ4n) is 1.39. The third-order valence-electron chi connectivity index (χ3n) is 2.26. The van der Waals surface area contributed by atoms with E-state index in [9.17, 15) is 9.18 Å². The number of rotatable bonds is 5. The summed E-state index contributed by atoms with van der Waals surface area (Å²) in [6, 6.07) is 4.16. The number of amides is 1. The van der Waals surface area contributed by atoms with E-state index in [-0.39, 0.29) is 16.6 Å². The van der Waals surface area contributed by atoms with Crippen molar-refractivity contribution >= 4 is 44.4 Å². The van der Waals surface area contributed by atoms with Crippen molar-refractivity contribution in [3.63, 3.8) is 0 Å². The first-order chi connectivity index (χ1) is 8.04. The van der Waals surface area contributed by atoms with Gasteiger partial charge in [0.1, 0.15) is 5.82 Å². The van der Waals surface area contributed by atoms with Gasteiger partial charge in [0.25, 0.3) is 5.91 Å². The third kappa shape index (κ3) is 4.91. The van der Waals surface area contributed by atoms with Crippen LogP contribution in [0.1, 0.15) is 30.1 Å². The van der Waals surface area contributed by atoms with Crippen molar-refractivity contribution in [2.24, 2.45) is 0 Å². The summed E-state index contributed by atoms with van der Waals surface area (Å²) in [4.78, 5) is 12.1. The lowest BCUT2D eigenvalue weighted by Crippen LogP contribution is -2.30. The Morgan fingerprint density at radius 2 is 2.29 bits per heavy atom. The Hall–Kier alpha value is -0.170. The molecule has 1 aromatic carbocycles. The predicted molar refractivity (Wildman–Crippen MR) is 79.1 cm³/mol. The fourth-order valence-corrected chi connectivity index (χ4v) is 2.73. The summed E-state index contributed by atoms with van der Waals surface area (Å²) in [5.74, 6) is -0.481. The van der Waals surface area contributed by atoms with Gasteiger partial charge in [0, 0.05) is 14.9 Å². The number of nitrogens with one attached hydrogen (secondary N) is 1. The molecule has 5 heteroatoms. The van der Waals surface area contributed by atoms with Gasteiger partial charge in [-0.25, -0.2) is 4.39 Å². The van der Waals surface area contributed by atoms with E-state index in [0.29, 0.717) is 15.7 Å². The molecular formula is C12H14BrFINO. The Morgan fingerprint density at radius 1 is 1.59 bits per heavy atom. The lowest BCUT2D eigenvalue weighted by molar-refractivity contribution is 0.0952. The highest BCUT2D eigenvalue weighted by atomic mass is 127. The number of halogens is 3. The molecule has 0 aromatic heterocycles. The molecular weight excluding hydrogens is 400 g/mol. The van der Waals surface area contributed by atoms with Crippen LogP contribution < -0.4 is 5.32 Å². The zero-order chi connectivity index (χ0) is 12.8. The first-order valence-corrected chi connectivity index (χ1v) is 7.41. The van der Waals surface area contributed by atoms with Gasteiger partial charge in [-0.1, -0.05) is 29.3 Å². The molecule has 1 unspecified atom stereocenters. The number of carbonyl (C=O) groups is 1. The molecule has 0 saturated carbocycles.